The molecule has 1 aromatic heterocycles. The number of piperidine rings is 1. The van der Waals surface area contributed by atoms with Gasteiger partial charge in [-0.1, -0.05) is 0 Å². The van der Waals surface area contributed by atoms with Gasteiger partial charge in [0.2, 0.25) is 5.91 Å². The number of hydrogen-bond acceptors (Lipinski definition) is 9. The minimum Gasteiger partial charge on any atom is -0.450 e. The van der Waals surface area contributed by atoms with Crippen LogP contribution in [0.4, 0.5) is 15.3 Å². The number of carboxylic acid groups (broad SMARTS) is 1. The smallest absolute Gasteiger partial charge is 0.450 e. The molecule has 3 saturated heterocycles. The van der Waals surface area contributed by atoms with Crippen LogP contribution < -0.4 is 4.90 Å². The molecule has 12 nitrogen and oxygen atoms in total. The molecular formula is C21H30N6O6. The van der Waals surface area contributed by atoms with E-state index in [1.165, 1.54) is 0 Å². The number of carbonyl (C=O) groups is 3. The monoisotopic (exact) mass is 462 g/mol. The fraction of sp³-hybridized carbons (Fsp3) is 0.667. The van der Waals surface area contributed by atoms with Gasteiger partial charge in [-0.05, 0) is 19.4 Å². The molecule has 0 radical (unpaired) electrons. The van der Waals surface area contributed by atoms with Gasteiger partial charge >= 0.3 is 12.2 Å². The lowest BCUT2D eigenvalue weighted by atomic mass is 10.0. The van der Waals surface area contributed by atoms with Crippen molar-refractivity contribution >= 4 is 23.8 Å². The van der Waals surface area contributed by atoms with Crippen molar-refractivity contribution in [1.82, 2.24) is 25.1 Å². The summed E-state index contributed by atoms with van der Waals surface area (Å²) in [6.45, 7) is 5.77. The summed E-state index contributed by atoms with van der Waals surface area (Å²) in [4.78, 5) is 39.8. The molecule has 180 valence electrons. The molecule has 4 heterocycles. The summed E-state index contributed by atoms with van der Waals surface area (Å²) < 4.78 is 10.4. The Kier molecular flexibility index (Phi) is 7.11. The maximum atomic E-state index is 12.6. The second-order valence-electron chi connectivity index (χ2n) is 8.55. The molecule has 33 heavy (non-hydrogen) atoms. The summed E-state index contributed by atoms with van der Waals surface area (Å²) >= 11 is 0. The van der Waals surface area contributed by atoms with Gasteiger partial charge in [-0.3, -0.25) is 4.79 Å². The largest absolute Gasteiger partial charge is 0.506 e. The van der Waals surface area contributed by atoms with Crippen molar-refractivity contribution < 1.29 is 29.0 Å². The van der Waals surface area contributed by atoms with Crippen LogP contribution in [0.2, 0.25) is 0 Å². The predicted molar refractivity (Wildman–Crippen MR) is 115 cm³/mol. The Balaban J connectivity index is 1.23. The Labute approximate surface area is 192 Å². The molecule has 0 aromatic carbocycles. The Morgan fingerprint density at radius 1 is 1.15 bits per heavy atom. The van der Waals surface area contributed by atoms with Crippen molar-refractivity contribution in [2.75, 3.05) is 44.2 Å². The third kappa shape index (κ3) is 5.44. The second kappa shape index (κ2) is 10.2. The molecule has 0 saturated carbocycles. The first kappa shape index (κ1) is 23.0. The number of piperazine rings is 1. The highest BCUT2D eigenvalue weighted by Gasteiger charge is 2.43. The number of cyclic esters (lactones) is 1. The minimum absolute atomic E-state index is 0.00921. The number of hydrogen-bond donors (Lipinski definition) is 1. The van der Waals surface area contributed by atoms with Crippen molar-refractivity contribution in [1.29, 1.82) is 0 Å². The van der Waals surface area contributed by atoms with Crippen molar-refractivity contribution in [2.24, 2.45) is 0 Å². The topological polar surface area (TPSA) is 129 Å². The zero-order valence-corrected chi connectivity index (χ0v) is 18.7. The first-order valence-corrected chi connectivity index (χ1v) is 11.4. The highest BCUT2D eigenvalue weighted by Crippen LogP contribution is 2.27. The molecule has 3 aliphatic heterocycles. The number of ether oxygens (including phenoxy) is 2. The van der Waals surface area contributed by atoms with E-state index in [1.807, 2.05) is 18.0 Å². The van der Waals surface area contributed by atoms with Crippen LogP contribution in [0.25, 0.3) is 0 Å². The fourth-order valence-electron chi connectivity index (χ4n) is 4.71. The van der Waals surface area contributed by atoms with Crippen LogP contribution in [0, 0.1) is 0 Å². The van der Waals surface area contributed by atoms with Gasteiger partial charge in [0.1, 0.15) is 12.2 Å². The Morgan fingerprint density at radius 3 is 2.52 bits per heavy atom. The highest BCUT2D eigenvalue weighted by atomic mass is 16.7. The lowest BCUT2D eigenvalue weighted by molar-refractivity contribution is -0.133. The first-order chi connectivity index (χ1) is 15.9. The van der Waals surface area contributed by atoms with Gasteiger partial charge < -0.3 is 24.4 Å². The Bertz CT molecular complexity index is 841. The maximum Gasteiger partial charge on any atom is 0.506 e. The van der Waals surface area contributed by atoms with E-state index >= 15 is 0 Å². The van der Waals surface area contributed by atoms with Gasteiger partial charge in [-0.25, -0.2) is 19.6 Å². The summed E-state index contributed by atoms with van der Waals surface area (Å²) in [6, 6.07) is 1.76. The van der Waals surface area contributed by atoms with Gasteiger partial charge in [0.25, 0.3) is 0 Å². The summed E-state index contributed by atoms with van der Waals surface area (Å²) in [6.07, 6.45) is 2.78. The van der Waals surface area contributed by atoms with Gasteiger partial charge in [0, 0.05) is 58.5 Å². The molecule has 2 atom stereocenters. The number of nitrogens with zero attached hydrogens (tertiary/aromatic N) is 6. The van der Waals surface area contributed by atoms with Crippen LogP contribution in [-0.2, 0) is 14.3 Å². The summed E-state index contributed by atoms with van der Waals surface area (Å²) in [5.41, 5.74) is 1.01. The number of aromatic nitrogens is 2. The molecule has 0 spiro atoms. The molecule has 4 rings (SSSR count). The van der Waals surface area contributed by atoms with Gasteiger partial charge in [0.15, 0.2) is 0 Å². The molecule has 3 fully saturated rings. The van der Waals surface area contributed by atoms with Gasteiger partial charge in [-0.2, -0.15) is 10.2 Å². The van der Waals surface area contributed by atoms with Crippen molar-refractivity contribution in [3.8, 4) is 0 Å². The molecule has 12 heteroatoms. The number of amides is 2. The molecule has 2 amide bonds. The zero-order chi connectivity index (χ0) is 23.4. The normalized spacial score (nSPS) is 24.6. The third-order valence-electron chi connectivity index (χ3n) is 6.56. The Hall–Kier alpha value is -3.15. The van der Waals surface area contributed by atoms with E-state index in [0.29, 0.717) is 45.4 Å². The van der Waals surface area contributed by atoms with Crippen molar-refractivity contribution in [3.63, 3.8) is 0 Å². The summed E-state index contributed by atoms with van der Waals surface area (Å²) in [5.74, 6) is -0.00921. The zero-order valence-electron chi connectivity index (χ0n) is 18.7. The van der Waals surface area contributed by atoms with E-state index in [9.17, 15) is 14.4 Å². The maximum absolute atomic E-state index is 12.6. The number of rotatable bonds is 6. The number of hydrazine groups is 1. The van der Waals surface area contributed by atoms with Crippen molar-refractivity contribution in [2.45, 2.75) is 50.9 Å². The van der Waals surface area contributed by atoms with E-state index in [1.54, 1.807) is 22.3 Å². The van der Waals surface area contributed by atoms with Crippen LogP contribution in [0.15, 0.2) is 18.5 Å². The van der Waals surface area contributed by atoms with Crippen molar-refractivity contribution in [3.05, 3.63) is 18.5 Å². The lowest BCUT2D eigenvalue weighted by Gasteiger charge is -2.40. The van der Waals surface area contributed by atoms with E-state index in [2.05, 4.69) is 15.1 Å². The van der Waals surface area contributed by atoms with E-state index in [-0.39, 0.29) is 36.7 Å². The number of anilines is 1. The molecular weight excluding hydrogens is 432 g/mol. The van der Waals surface area contributed by atoms with Crippen LogP contribution in [0.1, 0.15) is 32.6 Å². The summed E-state index contributed by atoms with van der Waals surface area (Å²) in [7, 11) is 0. The first-order valence-electron chi connectivity index (χ1n) is 11.4. The number of carbonyl (C=O) groups excluding carboxylic acids is 2. The third-order valence-corrected chi connectivity index (χ3v) is 6.56. The molecule has 3 aliphatic rings. The molecule has 1 aromatic rings. The average molecular weight is 463 g/mol. The quantitative estimate of drug-likeness (QED) is 0.616. The van der Waals surface area contributed by atoms with E-state index in [0.717, 1.165) is 18.8 Å². The second-order valence-corrected chi connectivity index (χ2v) is 8.55. The number of likely N-dealkylation sites (tertiary alicyclic amines) is 1. The average Bonchev–Trinajstić information content (AvgIpc) is 3.11. The fourth-order valence-corrected chi connectivity index (χ4v) is 4.71. The van der Waals surface area contributed by atoms with Crippen LogP contribution >= 0.6 is 0 Å². The van der Waals surface area contributed by atoms with Crippen LogP contribution in [0.5, 0.6) is 0 Å². The lowest BCUT2D eigenvalue weighted by Crippen LogP contribution is -2.56. The molecule has 0 bridgehead atoms. The minimum atomic E-state index is -1.28. The van der Waals surface area contributed by atoms with Crippen LogP contribution in [-0.4, -0.2) is 106 Å². The SMILES string of the molecule is CC1C(CCC(=O)N2CCC(OC(=O)O)CC2)OC(=O)N1N1CCN(c2ccnnc2)CC1. The molecule has 0 aliphatic carbocycles. The predicted octanol–water partition coefficient (Wildman–Crippen LogP) is 1.19. The standard InChI is InChI=1S/C21H30N6O6/c1-15-18(2-3-19(28)25-8-5-17(6-9-25)32-21(30)31)33-20(29)27(15)26-12-10-24(11-13-26)16-4-7-22-23-14-16/h4,7,14-15,17-18H,2-3,5-6,8-13H2,1H3,(H,30,31). The van der Waals surface area contributed by atoms with Gasteiger partial charge in [-0.15, -0.1) is 0 Å². The Morgan fingerprint density at radius 2 is 1.88 bits per heavy atom. The molecule has 2 unspecified atom stereocenters. The summed E-state index contributed by atoms with van der Waals surface area (Å²) in [5, 5.41) is 20.2. The molecule has 1 N–H and O–H groups in total. The van der Waals surface area contributed by atoms with E-state index < -0.39 is 6.16 Å². The van der Waals surface area contributed by atoms with Crippen LogP contribution in [0.3, 0.4) is 0 Å². The highest BCUT2D eigenvalue weighted by molar-refractivity contribution is 5.76. The van der Waals surface area contributed by atoms with E-state index in [4.69, 9.17) is 14.6 Å². The van der Waals surface area contributed by atoms with Gasteiger partial charge in [0.05, 0.1) is 24.1 Å².